The van der Waals surface area contributed by atoms with E-state index in [4.69, 9.17) is 32.6 Å². The molecule has 1 atom stereocenters. The van der Waals surface area contributed by atoms with E-state index in [0.29, 0.717) is 16.1 Å². The van der Waals surface area contributed by atoms with E-state index in [0.717, 1.165) is 47.7 Å². The van der Waals surface area contributed by atoms with Crippen LogP contribution in [0.2, 0.25) is 10.2 Å². The van der Waals surface area contributed by atoms with Crippen LogP contribution in [0.15, 0.2) is 69.2 Å². The molecule has 0 saturated heterocycles. The van der Waals surface area contributed by atoms with Crippen molar-refractivity contribution in [1.82, 2.24) is 9.97 Å². The van der Waals surface area contributed by atoms with Crippen LogP contribution in [0.1, 0.15) is 69.1 Å². The maximum atomic E-state index is 13.0. The lowest BCUT2D eigenvalue weighted by molar-refractivity contribution is 0.266. The van der Waals surface area contributed by atoms with E-state index < -0.39 is 11.0 Å². The normalized spacial score (nSPS) is 23.7. The molecule has 3 aromatic rings. The maximum Gasteiger partial charge on any atom is 0.148 e. The lowest BCUT2D eigenvalue weighted by Gasteiger charge is -2.38. The smallest absolute Gasteiger partial charge is 0.148 e. The minimum atomic E-state index is -1.28. The van der Waals surface area contributed by atoms with Gasteiger partial charge in [0, 0.05) is 28.3 Å². The molecule has 2 aromatic heterocycles. The van der Waals surface area contributed by atoms with Crippen molar-refractivity contribution in [3.63, 3.8) is 0 Å². The Morgan fingerprint density at radius 1 is 1.06 bits per heavy atom. The van der Waals surface area contributed by atoms with Crippen LogP contribution in [0, 0.1) is 5.41 Å². The molecule has 2 aliphatic rings. The van der Waals surface area contributed by atoms with Crippen molar-refractivity contribution < 1.29 is 4.21 Å². The van der Waals surface area contributed by atoms with Crippen molar-refractivity contribution in [3.8, 4) is 0 Å². The predicted octanol–water partition coefficient (Wildman–Crippen LogP) is 8.09. The molecule has 0 aliphatic heterocycles. The number of pyridine rings is 2. The van der Waals surface area contributed by atoms with Gasteiger partial charge < -0.3 is 0 Å². The SMILES string of the molecule is CC(C)(C)[S@@](=O)/N=C1\c2ccccc2CC12CCC(c1ccc(Sc3ccnc(Cl)c3Cl)nc1)CC2. The summed E-state index contributed by atoms with van der Waals surface area (Å²) in [6, 6.07) is 14.6. The number of halogens is 2. The summed E-state index contributed by atoms with van der Waals surface area (Å²) >= 11 is 13.8. The van der Waals surface area contributed by atoms with Gasteiger partial charge in [-0.3, -0.25) is 0 Å². The summed E-state index contributed by atoms with van der Waals surface area (Å²) in [7, 11) is -1.28. The van der Waals surface area contributed by atoms with Crippen molar-refractivity contribution in [2.45, 2.75) is 73.5 Å². The molecule has 8 heteroatoms. The zero-order chi connectivity index (χ0) is 25.5. The Bertz CT molecular complexity index is 1330. The van der Waals surface area contributed by atoms with Crippen LogP contribution >= 0.6 is 35.0 Å². The fourth-order valence-electron chi connectivity index (χ4n) is 5.21. The third-order valence-electron chi connectivity index (χ3n) is 7.20. The first-order chi connectivity index (χ1) is 17.2. The average Bonchev–Trinajstić information content (AvgIpc) is 3.15. The lowest BCUT2D eigenvalue weighted by atomic mass is 9.67. The second kappa shape index (κ2) is 10.2. The highest BCUT2D eigenvalue weighted by Crippen LogP contribution is 2.51. The number of rotatable bonds is 4. The lowest BCUT2D eigenvalue weighted by Crippen LogP contribution is -2.34. The number of benzene rings is 1. The Morgan fingerprint density at radius 3 is 2.50 bits per heavy atom. The Kier molecular flexibility index (Phi) is 7.34. The van der Waals surface area contributed by atoms with E-state index in [2.05, 4.69) is 41.4 Å². The molecule has 0 amide bonds. The van der Waals surface area contributed by atoms with E-state index in [1.165, 1.54) is 28.5 Å². The summed E-state index contributed by atoms with van der Waals surface area (Å²) in [5.41, 5.74) is 4.81. The molecule has 0 bridgehead atoms. The second-order valence-corrected chi connectivity index (χ2v) is 14.3. The van der Waals surface area contributed by atoms with Gasteiger partial charge in [-0.2, -0.15) is 4.40 Å². The summed E-state index contributed by atoms with van der Waals surface area (Å²) < 4.78 is 17.5. The molecule has 2 aliphatic carbocycles. The van der Waals surface area contributed by atoms with Crippen LogP contribution in [0.5, 0.6) is 0 Å². The van der Waals surface area contributed by atoms with Crippen LogP contribution in [0.25, 0.3) is 0 Å². The van der Waals surface area contributed by atoms with Crippen molar-refractivity contribution in [2.24, 2.45) is 9.81 Å². The number of hydrogen-bond donors (Lipinski definition) is 0. The molecule has 36 heavy (non-hydrogen) atoms. The second-order valence-electron chi connectivity index (χ2n) is 10.6. The van der Waals surface area contributed by atoms with Gasteiger partial charge in [-0.05, 0) is 82.1 Å². The van der Waals surface area contributed by atoms with Gasteiger partial charge in [0.1, 0.15) is 21.2 Å². The minimum Gasteiger partial charge on any atom is -0.249 e. The highest BCUT2D eigenvalue weighted by Gasteiger charge is 2.46. The van der Waals surface area contributed by atoms with Gasteiger partial charge in [-0.1, -0.05) is 65.3 Å². The van der Waals surface area contributed by atoms with Crippen LogP contribution < -0.4 is 0 Å². The van der Waals surface area contributed by atoms with Crippen molar-refractivity contribution in [1.29, 1.82) is 0 Å². The quantitative estimate of drug-likeness (QED) is 0.304. The van der Waals surface area contributed by atoms with Crippen LogP contribution in [0.3, 0.4) is 0 Å². The number of fused-ring (bicyclic) bond motifs is 1. The number of nitrogens with zero attached hydrogens (tertiary/aromatic N) is 3. The Balaban J connectivity index is 1.33. The molecular weight excluding hydrogens is 529 g/mol. The third-order valence-corrected chi connectivity index (χ3v) is 10.5. The fraction of sp³-hybridized carbons (Fsp3) is 0.393. The van der Waals surface area contributed by atoms with Gasteiger partial charge in [-0.25, -0.2) is 14.2 Å². The van der Waals surface area contributed by atoms with Gasteiger partial charge >= 0.3 is 0 Å². The highest BCUT2D eigenvalue weighted by molar-refractivity contribution is 7.99. The molecule has 5 rings (SSSR count). The predicted molar refractivity (Wildman–Crippen MR) is 151 cm³/mol. The summed E-state index contributed by atoms with van der Waals surface area (Å²) in [5.74, 6) is 0.458. The minimum absolute atomic E-state index is 0.0261. The molecule has 188 valence electrons. The van der Waals surface area contributed by atoms with Crippen molar-refractivity contribution in [2.75, 3.05) is 0 Å². The first-order valence-electron chi connectivity index (χ1n) is 12.2. The molecule has 1 fully saturated rings. The Labute approximate surface area is 229 Å². The largest absolute Gasteiger partial charge is 0.249 e. The summed E-state index contributed by atoms with van der Waals surface area (Å²) in [4.78, 5) is 9.55. The maximum absolute atomic E-state index is 13.0. The zero-order valence-corrected chi connectivity index (χ0v) is 23.8. The molecule has 2 heterocycles. The summed E-state index contributed by atoms with van der Waals surface area (Å²) in [6.45, 7) is 5.97. The first kappa shape index (κ1) is 25.9. The first-order valence-corrected chi connectivity index (χ1v) is 14.9. The molecule has 0 unspecified atom stereocenters. The Hall–Kier alpha value is -1.73. The van der Waals surface area contributed by atoms with Crippen LogP contribution in [0.4, 0.5) is 0 Å². The molecule has 0 radical (unpaired) electrons. The zero-order valence-electron chi connectivity index (χ0n) is 20.6. The van der Waals surface area contributed by atoms with E-state index in [9.17, 15) is 4.21 Å². The number of aromatic nitrogens is 2. The van der Waals surface area contributed by atoms with E-state index in [1.807, 2.05) is 33.0 Å². The summed E-state index contributed by atoms with van der Waals surface area (Å²) in [5, 5.41) is 1.63. The van der Waals surface area contributed by atoms with E-state index >= 15 is 0 Å². The monoisotopic (exact) mass is 557 g/mol. The molecule has 1 spiro atoms. The molecule has 1 aromatic carbocycles. The van der Waals surface area contributed by atoms with Gasteiger partial charge in [0.05, 0.1) is 15.5 Å². The Morgan fingerprint density at radius 2 is 1.81 bits per heavy atom. The highest BCUT2D eigenvalue weighted by atomic mass is 35.5. The van der Waals surface area contributed by atoms with Gasteiger partial charge in [0.25, 0.3) is 0 Å². The topological polar surface area (TPSA) is 55.2 Å². The van der Waals surface area contributed by atoms with Crippen molar-refractivity contribution in [3.05, 3.63) is 81.7 Å². The third kappa shape index (κ3) is 5.15. The number of hydrogen-bond acceptors (Lipinski definition) is 4. The molecule has 4 nitrogen and oxygen atoms in total. The van der Waals surface area contributed by atoms with E-state index in [-0.39, 0.29) is 10.2 Å². The molecule has 0 N–H and O–H groups in total. The molecule has 1 saturated carbocycles. The van der Waals surface area contributed by atoms with E-state index in [1.54, 1.807) is 6.20 Å². The summed E-state index contributed by atoms with van der Waals surface area (Å²) in [6.07, 6.45) is 8.83. The standard InChI is InChI=1S/C28H29Cl2N3OS2/c1-27(2,3)36(34)33-25-21-7-5-4-6-19(21)16-28(25)13-10-18(11-14-28)20-8-9-23(32-17-20)35-22-12-15-31-26(30)24(22)29/h4-9,12,15,17-18H,10-11,13-14,16H2,1-3H3/b33-25+/t18?,28?,36-/m1/s1. The van der Waals surface area contributed by atoms with Gasteiger partial charge in [0.2, 0.25) is 0 Å². The van der Waals surface area contributed by atoms with Crippen LogP contribution in [-0.2, 0) is 17.4 Å². The van der Waals surface area contributed by atoms with Gasteiger partial charge in [-0.15, -0.1) is 0 Å². The van der Waals surface area contributed by atoms with Gasteiger partial charge in [0.15, 0.2) is 0 Å². The molecular formula is C28H29Cl2N3OS2. The van der Waals surface area contributed by atoms with Crippen molar-refractivity contribution >= 4 is 51.7 Å². The average molecular weight is 559 g/mol. The fourth-order valence-corrected chi connectivity index (χ4v) is 7.16. The van der Waals surface area contributed by atoms with Crippen LogP contribution in [-0.4, -0.2) is 24.6 Å².